The SMILES string of the molecule is Brc1[nH]c2ccccc2c1CCOC1CCCCO1. The first-order valence-electron chi connectivity index (χ1n) is 6.83. The minimum absolute atomic E-state index is 0.00210. The number of nitrogens with one attached hydrogen (secondary N) is 1. The van der Waals surface area contributed by atoms with Gasteiger partial charge >= 0.3 is 0 Å². The maximum Gasteiger partial charge on any atom is 0.157 e. The molecule has 0 spiro atoms. The molecule has 1 aromatic heterocycles. The molecule has 3 rings (SSSR count). The quantitative estimate of drug-likeness (QED) is 0.922. The van der Waals surface area contributed by atoms with Gasteiger partial charge in [0.25, 0.3) is 0 Å². The highest BCUT2D eigenvalue weighted by molar-refractivity contribution is 9.10. The summed E-state index contributed by atoms with van der Waals surface area (Å²) in [6.45, 7) is 1.53. The highest BCUT2D eigenvalue weighted by Gasteiger charge is 2.15. The summed E-state index contributed by atoms with van der Waals surface area (Å²) >= 11 is 3.59. The Labute approximate surface area is 121 Å². The number of aromatic amines is 1. The molecule has 0 saturated carbocycles. The van der Waals surface area contributed by atoms with E-state index in [-0.39, 0.29) is 6.29 Å². The number of fused-ring (bicyclic) bond motifs is 1. The smallest absolute Gasteiger partial charge is 0.157 e. The lowest BCUT2D eigenvalue weighted by Gasteiger charge is -2.22. The molecule has 19 heavy (non-hydrogen) atoms. The Bertz CT molecular complexity index is 546. The van der Waals surface area contributed by atoms with Crippen molar-refractivity contribution in [3.05, 3.63) is 34.4 Å². The molecule has 2 aromatic rings. The monoisotopic (exact) mass is 323 g/mol. The van der Waals surface area contributed by atoms with Crippen LogP contribution >= 0.6 is 15.9 Å². The van der Waals surface area contributed by atoms with E-state index in [0.29, 0.717) is 6.61 Å². The number of H-pyrrole nitrogens is 1. The molecule has 1 aliphatic rings. The van der Waals surface area contributed by atoms with Crippen molar-refractivity contribution in [3.8, 4) is 0 Å². The number of aromatic nitrogens is 1. The number of para-hydroxylation sites is 1. The van der Waals surface area contributed by atoms with Gasteiger partial charge in [0.1, 0.15) is 0 Å². The number of ether oxygens (including phenoxy) is 2. The molecule has 1 unspecified atom stereocenters. The van der Waals surface area contributed by atoms with Crippen LogP contribution in [0, 0.1) is 0 Å². The summed E-state index contributed by atoms with van der Waals surface area (Å²) in [7, 11) is 0. The maximum atomic E-state index is 5.80. The Balaban J connectivity index is 1.63. The van der Waals surface area contributed by atoms with E-state index in [0.717, 1.165) is 30.5 Å². The Morgan fingerprint density at radius 1 is 1.32 bits per heavy atom. The Morgan fingerprint density at radius 2 is 2.21 bits per heavy atom. The number of halogens is 1. The molecule has 1 aliphatic heterocycles. The summed E-state index contributed by atoms with van der Waals surface area (Å²) in [5, 5.41) is 1.27. The molecule has 102 valence electrons. The van der Waals surface area contributed by atoms with E-state index >= 15 is 0 Å². The van der Waals surface area contributed by atoms with Gasteiger partial charge in [-0.05, 0) is 53.2 Å². The molecule has 1 N–H and O–H groups in total. The molecule has 2 heterocycles. The van der Waals surface area contributed by atoms with Crippen LogP contribution in [0.15, 0.2) is 28.9 Å². The zero-order chi connectivity index (χ0) is 13.1. The van der Waals surface area contributed by atoms with Crippen LogP contribution in [0.1, 0.15) is 24.8 Å². The van der Waals surface area contributed by atoms with E-state index in [2.05, 4.69) is 39.1 Å². The van der Waals surface area contributed by atoms with E-state index in [4.69, 9.17) is 9.47 Å². The highest BCUT2D eigenvalue weighted by atomic mass is 79.9. The molecule has 1 fully saturated rings. The Morgan fingerprint density at radius 3 is 3.05 bits per heavy atom. The van der Waals surface area contributed by atoms with Crippen LogP contribution in [0.4, 0.5) is 0 Å². The first-order chi connectivity index (χ1) is 9.34. The summed E-state index contributed by atoms with van der Waals surface area (Å²) in [6.07, 6.45) is 4.28. The van der Waals surface area contributed by atoms with Gasteiger partial charge in [0.15, 0.2) is 6.29 Å². The lowest BCUT2D eigenvalue weighted by molar-refractivity contribution is -0.161. The number of benzene rings is 1. The van der Waals surface area contributed by atoms with E-state index in [9.17, 15) is 0 Å². The Hall–Kier alpha value is -0.840. The first-order valence-corrected chi connectivity index (χ1v) is 7.62. The van der Waals surface area contributed by atoms with Gasteiger partial charge in [-0.25, -0.2) is 0 Å². The molecule has 0 amide bonds. The van der Waals surface area contributed by atoms with E-state index in [1.54, 1.807) is 0 Å². The van der Waals surface area contributed by atoms with Gasteiger partial charge in [0.05, 0.1) is 11.2 Å². The van der Waals surface area contributed by atoms with Crippen molar-refractivity contribution in [2.45, 2.75) is 32.0 Å². The molecular formula is C15H18BrNO2. The molecule has 0 aliphatic carbocycles. The fraction of sp³-hybridized carbons (Fsp3) is 0.467. The van der Waals surface area contributed by atoms with Crippen LogP contribution in [0.3, 0.4) is 0 Å². The molecule has 1 saturated heterocycles. The van der Waals surface area contributed by atoms with Crippen LogP contribution in [0.2, 0.25) is 0 Å². The van der Waals surface area contributed by atoms with E-state index in [1.807, 2.05) is 6.07 Å². The largest absolute Gasteiger partial charge is 0.353 e. The average molecular weight is 324 g/mol. The van der Waals surface area contributed by atoms with E-state index in [1.165, 1.54) is 22.9 Å². The zero-order valence-electron chi connectivity index (χ0n) is 10.8. The third-order valence-electron chi connectivity index (χ3n) is 3.56. The molecular weight excluding hydrogens is 306 g/mol. The van der Waals surface area contributed by atoms with Gasteiger partial charge in [0, 0.05) is 17.5 Å². The van der Waals surface area contributed by atoms with Gasteiger partial charge < -0.3 is 14.5 Å². The molecule has 0 bridgehead atoms. The zero-order valence-corrected chi connectivity index (χ0v) is 12.4. The predicted octanol–water partition coefficient (Wildman–Crippen LogP) is 4.02. The van der Waals surface area contributed by atoms with Crippen LogP contribution < -0.4 is 0 Å². The molecule has 1 atom stereocenters. The van der Waals surface area contributed by atoms with Gasteiger partial charge in [-0.3, -0.25) is 0 Å². The fourth-order valence-corrected chi connectivity index (χ4v) is 3.17. The molecule has 1 aromatic carbocycles. The summed E-state index contributed by atoms with van der Waals surface area (Å²) in [5.74, 6) is 0. The minimum Gasteiger partial charge on any atom is -0.353 e. The van der Waals surface area contributed by atoms with Crippen LogP contribution in [-0.4, -0.2) is 24.5 Å². The summed E-state index contributed by atoms with van der Waals surface area (Å²) in [4.78, 5) is 3.35. The first kappa shape index (κ1) is 13.2. The van der Waals surface area contributed by atoms with Gasteiger partial charge in [-0.15, -0.1) is 0 Å². The van der Waals surface area contributed by atoms with Crippen LogP contribution in [0.5, 0.6) is 0 Å². The summed E-state index contributed by atoms with van der Waals surface area (Å²) in [5.41, 5.74) is 2.45. The van der Waals surface area contributed by atoms with Crippen molar-refractivity contribution in [1.82, 2.24) is 4.98 Å². The maximum absolute atomic E-state index is 5.80. The normalized spacial score (nSPS) is 19.9. The van der Waals surface area contributed by atoms with Crippen molar-refractivity contribution >= 4 is 26.8 Å². The Kier molecular flexibility index (Phi) is 4.21. The lowest BCUT2D eigenvalue weighted by atomic mass is 10.1. The topological polar surface area (TPSA) is 34.2 Å². The number of hydrogen-bond acceptors (Lipinski definition) is 2. The van der Waals surface area contributed by atoms with Crippen LogP contribution in [-0.2, 0) is 15.9 Å². The average Bonchev–Trinajstić information content (AvgIpc) is 2.76. The number of hydrogen-bond donors (Lipinski definition) is 1. The molecule has 3 nitrogen and oxygen atoms in total. The lowest BCUT2D eigenvalue weighted by Crippen LogP contribution is -2.23. The van der Waals surface area contributed by atoms with Crippen molar-refractivity contribution < 1.29 is 9.47 Å². The molecule has 0 radical (unpaired) electrons. The highest BCUT2D eigenvalue weighted by Crippen LogP contribution is 2.27. The molecule has 4 heteroatoms. The van der Waals surface area contributed by atoms with Gasteiger partial charge in [0.2, 0.25) is 0 Å². The summed E-state index contributed by atoms with van der Waals surface area (Å²) < 4.78 is 12.4. The third kappa shape index (κ3) is 3.02. The summed E-state index contributed by atoms with van der Waals surface area (Å²) in [6, 6.07) is 8.34. The minimum atomic E-state index is -0.00210. The van der Waals surface area contributed by atoms with Crippen molar-refractivity contribution in [1.29, 1.82) is 0 Å². The van der Waals surface area contributed by atoms with Crippen molar-refractivity contribution in [2.75, 3.05) is 13.2 Å². The van der Waals surface area contributed by atoms with Gasteiger partial charge in [-0.2, -0.15) is 0 Å². The van der Waals surface area contributed by atoms with Crippen LogP contribution in [0.25, 0.3) is 10.9 Å². The number of rotatable bonds is 4. The van der Waals surface area contributed by atoms with E-state index < -0.39 is 0 Å². The third-order valence-corrected chi connectivity index (χ3v) is 4.23. The standard InChI is InChI=1S/C15H18BrNO2/c16-15-12(11-5-1-2-6-13(11)17-15)8-10-19-14-7-3-4-9-18-14/h1-2,5-6,14,17H,3-4,7-10H2. The van der Waals surface area contributed by atoms with Crippen molar-refractivity contribution in [2.24, 2.45) is 0 Å². The van der Waals surface area contributed by atoms with Crippen molar-refractivity contribution in [3.63, 3.8) is 0 Å². The predicted molar refractivity (Wildman–Crippen MR) is 79.2 cm³/mol. The fourth-order valence-electron chi connectivity index (χ4n) is 2.55. The second-order valence-electron chi connectivity index (χ2n) is 4.88. The van der Waals surface area contributed by atoms with Gasteiger partial charge in [-0.1, -0.05) is 18.2 Å². The second kappa shape index (κ2) is 6.07. The second-order valence-corrected chi connectivity index (χ2v) is 5.67.